The van der Waals surface area contributed by atoms with Crippen LogP contribution in [0.1, 0.15) is 70.1 Å². The molecule has 5 aliphatic heterocycles. The van der Waals surface area contributed by atoms with Gasteiger partial charge in [-0.05, 0) is 84.3 Å². The first-order valence-electron chi connectivity index (χ1n) is 20.2. The van der Waals surface area contributed by atoms with Crippen LogP contribution >= 0.6 is 0 Å². The van der Waals surface area contributed by atoms with Crippen LogP contribution < -0.4 is 24.6 Å². The monoisotopic (exact) mass is 791 g/mol. The van der Waals surface area contributed by atoms with E-state index in [1.807, 2.05) is 47.4 Å². The van der Waals surface area contributed by atoms with Crippen molar-refractivity contribution in [3.05, 3.63) is 112 Å². The molecule has 2 N–H and O–H groups in total. The lowest BCUT2D eigenvalue weighted by molar-refractivity contribution is -0.136. The molecule has 11 nitrogen and oxygen atoms in total. The van der Waals surface area contributed by atoms with Crippen molar-refractivity contribution in [1.29, 1.82) is 0 Å². The van der Waals surface area contributed by atoms with Crippen LogP contribution in [0.3, 0.4) is 0 Å². The van der Waals surface area contributed by atoms with Gasteiger partial charge in [-0.2, -0.15) is 0 Å². The molecule has 3 amide bonds. The Labute approximate surface area is 336 Å². The van der Waals surface area contributed by atoms with Crippen LogP contribution in [0.5, 0.6) is 17.2 Å². The van der Waals surface area contributed by atoms with Gasteiger partial charge in [-0.1, -0.05) is 24.3 Å². The summed E-state index contributed by atoms with van der Waals surface area (Å²) in [5.41, 5.74) is 4.82. The van der Waals surface area contributed by atoms with E-state index in [1.54, 1.807) is 31.4 Å². The van der Waals surface area contributed by atoms with Crippen molar-refractivity contribution in [2.75, 3.05) is 69.3 Å². The van der Waals surface area contributed by atoms with Crippen LogP contribution in [0.25, 0.3) is 0 Å². The Bertz CT molecular complexity index is 2250. The molecule has 0 saturated carbocycles. The van der Waals surface area contributed by atoms with E-state index in [0.29, 0.717) is 48.3 Å². The molecule has 3 saturated heterocycles. The fourth-order valence-electron chi connectivity index (χ4n) is 9.65. The number of anilines is 2. The number of carbonyl (C=O) groups is 3. The third-order valence-electron chi connectivity index (χ3n) is 12.8. The number of methoxy groups -OCH3 is 1. The molecule has 4 aromatic carbocycles. The quantitative estimate of drug-likeness (QED) is 0.214. The van der Waals surface area contributed by atoms with Gasteiger partial charge in [0, 0.05) is 87.8 Å². The number of halogens is 2. The third-order valence-corrected chi connectivity index (χ3v) is 12.8. The largest absolute Gasteiger partial charge is 0.508 e. The second-order valence-corrected chi connectivity index (χ2v) is 16.2. The average Bonchev–Trinajstić information content (AvgIpc) is 3.54. The molecule has 0 aromatic heterocycles. The Morgan fingerprint density at radius 3 is 2.36 bits per heavy atom. The zero-order chi connectivity index (χ0) is 40.1. The molecule has 3 fully saturated rings. The lowest BCUT2D eigenvalue weighted by Crippen LogP contribution is -2.52. The van der Waals surface area contributed by atoms with Crippen LogP contribution in [0.4, 0.5) is 20.2 Å². The topological polar surface area (TPSA) is 115 Å². The standard InChI is InChI=1S/C45H47F2N5O6/c1-57-32-4-2-3-28(19-32)35-26-58-41-22-31(53)6-7-33(41)43(35)29-5-8-38(36(46)20-29)50-13-11-27(12-14-50)24-49-15-17-51(18-16-49)40-21-30-25-52(45(56)34(30)23-37(40)47)39-9-10-42(54)48-44(39)55/h2-8,19-23,27,35,39,43,53H,9-18,24-26H2,1H3,(H,48,54,55)/t35-,39?,43?/m1/s1. The molecular weight excluding hydrogens is 745 g/mol. The van der Waals surface area contributed by atoms with Crippen molar-refractivity contribution < 1.29 is 37.7 Å². The van der Waals surface area contributed by atoms with E-state index in [0.717, 1.165) is 68.0 Å². The maximum absolute atomic E-state index is 16.2. The molecule has 0 bridgehead atoms. The number of piperidine rings is 2. The van der Waals surface area contributed by atoms with Crippen molar-refractivity contribution in [3.8, 4) is 17.2 Å². The first kappa shape index (κ1) is 37.9. The van der Waals surface area contributed by atoms with E-state index < -0.39 is 17.8 Å². The molecule has 3 atom stereocenters. The number of nitrogens with zero attached hydrogens (tertiary/aromatic N) is 4. The third kappa shape index (κ3) is 7.20. The number of phenolic OH excluding ortho intramolecular Hbond substituents is 1. The minimum Gasteiger partial charge on any atom is -0.508 e. The summed E-state index contributed by atoms with van der Waals surface area (Å²) in [5.74, 6) is -0.267. The van der Waals surface area contributed by atoms with E-state index in [-0.39, 0.29) is 60.2 Å². The Balaban J connectivity index is 0.811. The highest BCUT2D eigenvalue weighted by Gasteiger charge is 2.40. The molecule has 5 heterocycles. The van der Waals surface area contributed by atoms with E-state index >= 15 is 8.78 Å². The van der Waals surface area contributed by atoms with E-state index in [1.165, 1.54) is 11.0 Å². The predicted molar refractivity (Wildman–Crippen MR) is 214 cm³/mol. The molecule has 58 heavy (non-hydrogen) atoms. The highest BCUT2D eigenvalue weighted by molar-refractivity contribution is 6.05. The van der Waals surface area contributed by atoms with Gasteiger partial charge in [-0.3, -0.25) is 24.6 Å². The number of nitrogens with one attached hydrogen (secondary N) is 1. The number of benzene rings is 4. The maximum atomic E-state index is 16.2. The zero-order valence-corrected chi connectivity index (χ0v) is 32.5. The van der Waals surface area contributed by atoms with Crippen molar-refractivity contribution in [3.63, 3.8) is 0 Å². The second-order valence-electron chi connectivity index (χ2n) is 16.2. The van der Waals surface area contributed by atoms with Crippen molar-refractivity contribution in [1.82, 2.24) is 15.1 Å². The lowest BCUT2D eigenvalue weighted by atomic mass is 9.75. The van der Waals surface area contributed by atoms with Crippen LogP contribution in [0.15, 0.2) is 72.8 Å². The normalized spacial score (nSPS) is 22.7. The number of imide groups is 1. The Hall–Kier alpha value is -5.69. The van der Waals surface area contributed by atoms with Gasteiger partial charge in [0.15, 0.2) is 0 Å². The Kier molecular flexibility index (Phi) is 10.2. The van der Waals surface area contributed by atoms with Crippen molar-refractivity contribution >= 4 is 29.1 Å². The van der Waals surface area contributed by atoms with Crippen LogP contribution in [0, 0.1) is 17.6 Å². The predicted octanol–water partition coefficient (Wildman–Crippen LogP) is 5.79. The molecule has 302 valence electrons. The molecule has 13 heteroatoms. The molecule has 0 radical (unpaired) electrons. The van der Waals surface area contributed by atoms with Gasteiger partial charge in [0.25, 0.3) is 5.91 Å². The Morgan fingerprint density at radius 1 is 0.828 bits per heavy atom. The fraction of sp³-hybridized carbons (Fsp3) is 0.400. The number of carbonyl (C=O) groups excluding carboxylic acids is 3. The minimum atomic E-state index is -0.739. The zero-order valence-electron chi connectivity index (χ0n) is 32.5. The fourth-order valence-corrected chi connectivity index (χ4v) is 9.65. The van der Waals surface area contributed by atoms with Gasteiger partial charge < -0.3 is 29.3 Å². The molecule has 9 rings (SSSR count). The van der Waals surface area contributed by atoms with Gasteiger partial charge in [0.2, 0.25) is 11.8 Å². The number of amides is 3. The van der Waals surface area contributed by atoms with Crippen molar-refractivity contribution in [2.45, 2.75) is 50.1 Å². The number of aromatic hydroxyl groups is 1. The molecule has 0 spiro atoms. The van der Waals surface area contributed by atoms with E-state index in [2.05, 4.69) is 15.1 Å². The first-order valence-corrected chi connectivity index (χ1v) is 20.2. The van der Waals surface area contributed by atoms with Gasteiger partial charge >= 0.3 is 0 Å². The van der Waals surface area contributed by atoms with Crippen LogP contribution in [-0.4, -0.2) is 98.2 Å². The van der Waals surface area contributed by atoms with Gasteiger partial charge in [0.05, 0.1) is 25.1 Å². The minimum absolute atomic E-state index is 0.0917. The summed E-state index contributed by atoms with van der Waals surface area (Å²) in [6.45, 7) is 5.86. The smallest absolute Gasteiger partial charge is 0.255 e. The summed E-state index contributed by atoms with van der Waals surface area (Å²) in [5, 5.41) is 12.5. The number of hydrogen-bond donors (Lipinski definition) is 2. The number of rotatable bonds is 8. The summed E-state index contributed by atoms with van der Waals surface area (Å²) in [6, 6.07) is 20.9. The maximum Gasteiger partial charge on any atom is 0.255 e. The molecule has 0 aliphatic carbocycles. The lowest BCUT2D eigenvalue weighted by Gasteiger charge is -2.40. The van der Waals surface area contributed by atoms with E-state index in [9.17, 15) is 19.5 Å². The van der Waals surface area contributed by atoms with E-state index in [4.69, 9.17) is 9.47 Å². The summed E-state index contributed by atoms with van der Waals surface area (Å²) in [6.07, 6.45) is 2.30. The Morgan fingerprint density at radius 2 is 1.60 bits per heavy atom. The van der Waals surface area contributed by atoms with Crippen LogP contribution in [0.2, 0.25) is 0 Å². The van der Waals surface area contributed by atoms with Crippen LogP contribution in [-0.2, 0) is 16.1 Å². The molecule has 4 aromatic rings. The highest BCUT2D eigenvalue weighted by Crippen LogP contribution is 2.48. The number of hydrogen-bond acceptors (Lipinski definition) is 9. The number of ether oxygens (including phenoxy) is 2. The summed E-state index contributed by atoms with van der Waals surface area (Å²) in [7, 11) is 1.64. The molecule has 2 unspecified atom stereocenters. The SMILES string of the molecule is COc1cccc([C@H]2COc3cc(O)ccc3C2c2ccc(N3CCC(CN4CCN(c5cc6c(cc5F)C(=O)N(C5CCC(=O)NC5=O)C6)CC4)CC3)c(F)c2)c1. The summed E-state index contributed by atoms with van der Waals surface area (Å²) >= 11 is 0. The molecular formula is C45H47F2N5O6. The summed E-state index contributed by atoms with van der Waals surface area (Å²) < 4.78 is 43.3. The van der Waals surface area contributed by atoms with Crippen molar-refractivity contribution in [2.24, 2.45) is 5.92 Å². The van der Waals surface area contributed by atoms with Gasteiger partial charge in [-0.25, -0.2) is 8.78 Å². The summed E-state index contributed by atoms with van der Waals surface area (Å²) in [4.78, 5) is 45.3. The molecule has 5 aliphatic rings. The van der Waals surface area contributed by atoms with Gasteiger partial charge in [-0.15, -0.1) is 0 Å². The first-order chi connectivity index (χ1) is 28.1. The van der Waals surface area contributed by atoms with Gasteiger partial charge in [0.1, 0.15) is 34.9 Å². The number of piperazine rings is 1. The highest BCUT2D eigenvalue weighted by atomic mass is 19.1. The number of fused-ring (bicyclic) bond motifs is 2. The second kappa shape index (κ2) is 15.6. The average molecular weight is 792 g/mol. The number of phenols is 1.